The van der Waals surface area contributed by atoms with E-state index >= 15 is 0 Å². The molecule has 0 unspecified atom stereocenters. The first-order chi connectivity index (χ1) is 14.2. The van der Waals surface area contributed by atoms with Gasteiger partial charge in [0.25, 0.3) is 5.91 Å². The van der Waals surface area contributed by atoms with Gasteiger partial charge >= 0.3 is 0 Å². The Morgan fingerprint density at radius 2 is 1.66 bits per heavy atom. The van der Waals surface area contributed by atoms with Crippen LogP contribution < -0.4 is 0 Å². The van der Waals surface area contributed by atoms with E-state index < -0.39 is 0 Å². The van der Waals surface area contributed by atoms with Gasteiger partial charge in [-0.25, -0.2) is 0 Å². The monoisotopic (exact) mass is 428 g/mol. The first-order valence-corrected chi connectivity index (χ1v) is 11.1. The molecular formula is C22H24N2O3S2. The number of methoxy groups -OCH3 is 1. The average Bonchev–Trinajstić information content (AvgIpc) is 3.45. The summed E-state index contributed by atoms with van der Waals surface area (Å²) in [6.45, 7) is 1.81. The minimum Gasteiger partial charge on any atom is -0.383 e. The Balaban J connectivity index is 1.75. The van der Waals surface area contributed by atoms with Crippen molar-refractivity contribution in [2.45, 2.75) is 13.1 Å². The van der Waals surface area contributed by atoms with E-state index in [0.717, 1.165) is 10.4 Å². The summed E-state index contributed by atoms with van der Waals surface area (Å²) < 4.78 is 5.15. The topological polar surface area (TPSA) is 49.9 Å². The van der Waals surface area contributed by atoms with Crippen LogP contribution in [0, 0.1) is 0 Å². The van der Waals surface area contributed by atoms with Crippen LogP contribution in [-0.4, -0.2) is 48.4 Å². The van der Waals surface area contributed by atoms with E-state index in [4.69, 9.17) is 4.74 Å². The second-order valence-corrected chi connectivity index (χ2v) is 8.49. The molecule has 152 valence electrons. The number of hydrogen-bond acceptors (Lipinski definition) is 5. The zero-order valence-electron chi connectivity index (χ0n) is 16.3. The van der Waals surface area contributed by atoms with E-state index in [9.17, 15) is 9.59 Å². The van der Waals surface area contributed by atoms with E-state index in [0.29, 0.717) is 31.1 Å². The van der Waals surface area contributed by atoms with Crippen molar-refractivity contribution in [3.05, 3.63) is 80.7 Å². The van der Waals surface area contributed by atoms with Gasteiger partial charge in [0.05, 0.1) is 18.0 Å². The lowest BCUT2D eigenvalue weighted by Crippen LogP contribution is -2.43. The normalized spacial score (nSPS) is 10.7. The first-order valence-electron chi connectivity index (χ1n) is 9.33. The van der Waals surface area contributed by atoms with E-state index in [1.807, 2.05) is 64.2 Å². The third kappa shape index (κ3) is 6.25. The van der Waals surface area contributed by atoms with Crippen molar-refractivity contribution in [3.63, 3.8) is 0 Å². The standard InChI is InChI=1S/C22H24N2O3S2/c1-27-12-11-23(22(26)20-10-6-14-29-20)17-21(25)24(16-19-9-5-13-28-19)15-18-7-3-2-4-8-18/h2-10,13-14H,11-12,15-17H2,1H3. The zero-order chi connectivity index (χ0) is 20.5. The second-order valence-electron chi connectivity index (χ2n) is 6.51. The molecule has 3 rings (SSSR count). The van der Waals surface area contributed by atoms with Crippen LogP contribution in [0.4, 0.5) is 0 Å². The van der Waals surface area contributed by atoms with Crippen LogP contribution in [-0.2, 0) is 22.6 Å². The van der Waals surface area contributed by atoms with Crippen molar-refractivity contribution in [2.24, 2.45) is 0 Å². The minimum atomic E-state index is -0.138. The van der Waals surface area contributed by atoms with Gasteiger partial charge in [0.2, 0.25) is 5.91 Å². The lowest BCUT2D eigenvalue weighted by Gasteiger charge is -2.27. The average molecular weight is 429 g/mol. The maximum absolute atomic E-state index is 13.2. The van der Waals surface area contributed by atoms with Crippen molar-refractivity contribution in [1.82, 2.24) is 9.80 Å². The quantitative estimate of drug-likeness (QED) is 0.488. The van der Waals surface area contributed by atoms with Crippen LogP contribution in [0.25, 0.3) is 0 Å². The molecule has 0 spiro atoms. The highest BCUT2D eigenvalue weighted by molar-refractivity contribution is 7.12. The van der Waals surface area contributed by atoms with Gasteiger partial charge in [-0.05, 0) is 28.5 Å². The molecule has 0 aliphatic carbocycles. The highest BCUT2D eigenvalue weighted by atomic mass is 32.1. The molecule has 0 saturated carbocycles. The van der Waals surface area contributed by atoms with Gasteiger partial charge in [-0.2, -0.15) is 0 Å². The number of rotatable bonds is 10. The molecule has 0 bridgehead atoms. The van der Waals surface area contributed by atoms with Crippen molar-refractivity contribution in [3.8, 4) is 0 Å². The summed E-state index contributed by atoms with van der Waals surface area (Å²) in [6.07, 6.45) is 0. The van der Waals surface area contributed by atoms with Crippen molar-refractivity contribution >= 4 is 34.5 Å². The Hall–Kier alpha value is -2.48. The molecule has 0 saturated heterocycles. The number of ether oxygens (including phenoxy) is 1. The summed E-state index contributed by atoms with van der Waals surface area (Å²) in [5.74, 6) is -0.218. The molecule has 0 fully saturated rings. The van der Waals surface area contributed by atoms with E-state index in [-0.39, 0.29) is 18.4 Å². The highest BCUT2D eigenvalue weighted by Crippen LogP contribution is 2.16. The molecule has 0 aliphatic rings. The maximum atomic E-state index is 13.2. The Bertz CT molecular complexity index is 880. The number of benzene rings is 1. The molecule has 0 radical (unpaired) electrons. The Morgan fingerprint density at radius 1 is 0.897 bits per heavy atom. The summed E-state index contributed by atoms with van der Waals surface area (Å²) in [5.41, 5.74) is 1.06. The van der Waals surface area contributed by atoms with Gasteiger partial charge in [0.15, 0.2) is 0 Å². The molecule has 7 heteroatoms. The number of carbonyl (C=O) groups excluding carboxylic acids is 2. The van der Waals surface area contributed by atoms with Crippen LogP contribution in [0.2, 0.25) is 0 Å². The maximum Gasteiger partial charge on any atom is 0.264 e. The van der Waals surface area contributed by atoms with Gasteiger partial charge < -0.3 is 14.5 Å². The summed E-state index contributed by atoms with van der Waals surface area (Å²) >= 11 is 3.00. The largest absolute Gasteiger partial charge is 0.383 e. The molecule has 3 aromatic rings. The summed E-state index contributed by atoms with van der Waals surface area (Å²) in [7, 11) is 1.59. The van der Waals surface area contributed by atoms with Crippen LogP contribution in [0.15, 0.2) is 65.4 Å². The third-order valence-electron chi connectivity index (χ3n) is 4.41. The minimum absolute atomic E-state index is 0.0261. The third-order valence-corrected chi connectivity index (χ3v) is 6.13. The van der Waals surface area contributed by atoms with Gasteiger partial charge in [0.1, 0.15) is 6.54 Å². The van der Waals surface area contributed by atoms with Crippen molar-refractivity contribution in [2.75, 3.05) is 26.8 Å². The van der Waals surface area contributed by atoms with Gasteiger partial charge in [-0.1, -0.05) is 42.5 Å². The Labute approximate surface area is 179 Å². The van der Waals surface area contributed by atoms with Crippen LogP contribution >= 0.6 is 22.7 Å². The van der Waals surface area contributed by atoms with E-state index in [2.05, 4.69) is 0 Å². The number of hydrogen-bond donors (Lipinski definition) is 0. The molecule has 2 amide bonds. The molecule has 29 heavy (non-hydrogen) atoms. The fourth-order valence-corrected chi connectivity index (χ4v) is 4.31. The fraction of sp³-hybridized carbons (Fsp3) is 0.273. The van der Waals surface area contributed by atoms with Crippen LogP contribution in [0.3, 0.4) is 0 Å². The summed E-state index contributed by atoms with van der Waals surface area (Å²) in [5, 5.41) is 3.87. The second kappa shape index (κ2) is 10.9. The smallest absolute Gasteiger partial charge is 0.264 e. The van der Waals surface area contributed by atoms with Crippen molar-refractivity contribution < 1.29 is 14.3 Å². The Kier molecular flexibility index (Phi) is 7.98. The molecule has 2 aromatic heterocycles. The fourth-order valence-electron chi connectivity index (χ4n) is 2.90. The van der Waals surface area contributed by atoms with Gasteiger partial charge in [-0.15, -0.1) is 22.7 Å². The Morgan fingerprint density at radius 3 is 2.31 bits per heavy atom. The SMILES string of the molecule is COCCN(CC(=O)N(Cc1ccccc1)Cc1cccs1)C(=O)c1cccs1. The predicted octanol–water partition coefficient (Wildman–Crippen LogP) is 4.13. The van der Waals surface area contributed by atoms with E-state index in [1.54, 1.807) is 29.4 Å². The summed E-state index contributed by atoms with van der Waals surface area (Å²) in [6, 6.07) is 17.5. The number of carbonyl (C=O) groups is 2. The molecule has 1 aromatic carbocycles. The summed E-state index contributed by atoms with van der Waals surface area (Å²) in [4.78, 5) is 31.2. The molecule has 0 aliphatic heterocycles. The predicted molar refractivity (Wildman–Crippen MR) is 117 cm³/mol. The molecule has 5 nitrogen and oxygen atoms in total. The zero-order valence-corrected chi connectivity index (χ0v) is 18.0. The van der Waals surface area contributed by atoms with Gasteiger partial charge in [0, 0.05) is 25.1 Å². The molecular weight excluding hydrogens is 404 g/mol. The molecule has 0 N–H and O–H groups in total. The first kappa shape index (κ1) is 21.2. The number of nitrogens with zero attached hydrogens (tertiary/aromatic N) is 2. The molecule has 2 heterocycles. The lowest BCUT2D eigenvalue weighted by molar-refractivity contribution is -0.133. The lowest BCUT2D eigenvalue weighted by atomic mass is 10.2. The highest BCUT2D eigenvalue weighted by Gasteiger charge is 2.23. The number of amides is 2. The van der Waals surface area contributed by atoms with Crippen LogP contribution in [0.1, 0.15) is 20.1 Å². The number of thiophene rings is 2. The molecule has 0 atom stereocenters. The van der Waals surface area contributed by atoms with Crippen LogP contribution in [0.5, 0.6) is 0 Å². The van der Waals surface area contributed by atoms with Gasteiger partial charge in [-0.3, -0.25) is 9.59 Å². The van der Waals surface area contributed by atoms with E-state index in [1.165, 1.54) is 11.3 Å². The van der Waals surface area contributed by atoms with Crippen molar-refractivity contribution in [1.29, 1.82) is 0 Å².